The van der Waals surface area contributed by atoms with Gasteiger partial charge in [-0.25, -0.2) is 8.78 Å². The Hall–Kier alpha value is -1.78. The van der Waals surface area contributed by atoms with Crippen LogP contribution in [0.25, 0.3) is 0 Å². The first-order valence-electron chi connectivity index (χ1n) is 8.14. The lowest BCUT2D eigenvalue weighted by molar-refractivity contribution is 0.113. The zero-order valence-electron chi connectivity index (χ0n) is 13.4. The van der Waals surface area contributed by atoms with Crippen molar-refractivity contribution in [3.63, 3.8) is 0 Å². The van der Waals surface area contributed by atoms with Crippen LogP contribution in [0.1, 0.15) is 24.1 Å². The van der Waals surface area contributed by atoms with E-state index in [1.165, 1.54) is 24.3 Å². The summed E-state index contributed by atoms with van der Waals surface area (Å²) in [6, 6.07) is 13.3. The number of rotatable bonds is 4. The second-order valence-electron chi connectivity index (χ2n) is 5.98. The van der Waals surface area contributed by atoms with E-state index in [2.05, 4.69) is 16.7 Å². The molecule has 0 aromatic heterocycles. The van der Waals surface area contributed by atoms with Crippen LogP contribution in [0, 0.1) is 11.6 Å². The number of likely N-dealkylation sites (N-methyl/N-ethyl adjacent to an activating group) is 1. The lowest BCUT2D eigenvalue weighted by Crippen LogP contribution is -2.47. The van der Waals surface area contributed by atoms with Crippen molar-refractivity contribution in [1.29, 1.82) is 0 Å². The molecule has 4 heteroatoms. The molecule has 3 rings (SSSR count). The SMILES string of the molecule is CCN1CCN(C(c2ccc(F)cc2)c2ccc(F)cc2)CC1. The first kappa shape index (κ1) is 16.1. The Morgan fingerprint density at radius 3 is 1.61 bits per heavy atom. The molecule has 2 nitrogen and oxygen atoms in total. The molecule has 0 atom stereocenters. The molecule has 0 bridgehead atoms. The third-order valence-electron chi connectivity index (χ3n) is 4.59. The molecule has 23 heavy (non-hydrogen) atoms. The summed E-state index contributed by atoms with van der Waals surface area (Å²) in [7, 11) is 0. The average Bonchev–Trinajstić information content (AvgIpc) is 2.59. The highest BCUT2D eigenvalue weighted by atomic mass is 19.1. The Bertz CT molecular complexity index is 571. The summed E-state index contributed by atoms with van der Waals surface area (Å²) in [5.41, 5.74) is 2.09. The Morgan fingerprint density at radius 1 is 0.783 bits per heavy atom. The Kier molecular flexibility index (Phi) is 5.03. The number of benzene rings is 2. The second-order valence-corrected chi connectivity index (χ2v) is 5.98. The van der Waals surface area contributed by atoms with Crippen molar-refractivity contribution in [2.24, 2.45) is 0 Å². The highest BCUT2D eigenvalue weighted by Gasteiger charge is 2.26. The smallest absolute Gasteiger partial charge is 0.123 e. The minimum absolute atomic E-state index is 0.0372. The van der Waals surface area contributed by atoms with Crippen molar-refractivity contribution >= 4 is 0 Å². The van der Waals surface area contributed by atoms with Crippen LogP contribution < -0.4 is 0 Å². The zero-order valence-corrected chi connectivity index (χ0v) is 13.4. The highest BCUT2D eigenvalue weighted by molar-refractivity contribution is 5.32. The maximum atomic E-state index is 13.3. The lowest BCUT2D eigenvalue weighted by Gasteiger charge is -2.39. The fraction of sp³-hybridized carbons (Fsp3) is 0.368. The topological polar surface area (TPSA) is 6.48 Å². The van der Waals surface area contributed by atoms with Crippen molar-refractivity contribution in [2.75, 3.05) is 32.7 Å². The largest absolute Gasteiger partial charge is 0.301 e. The predicted molar refractivity (Wildman–Crippen MR) is 88.3 cm³/mol. The number of piperazine rings is 1. The van der Waals surface area contributed by atoms with Crippen molar-refractivity contribution in [3.05, 3.63) is 71.3 Å². The lowest BCUT2D eigenvalue weighted by atomic mass is 9.96. The number of halogens is 2. The van der Waals surface area contributed by atoms with E-state index in [0.29, 0.717) is 0 Å². The normalized spacial score (nSPS) is 16.9. The first-order valence-corrected chi connectivity index (χ1v) is 8.14. The van der Waals surface area contributed by atoms with Crippen molar-refractivity contribution in [3.8, 4) is 0 Å². The molecule has 0 spiro atoms. The van der Waals surface area contributed by atoms with Crippen molar-refractivity contribution in [1.82, 2.24) is 9.80 Å². The fourth-order valence-electron chi connectivity index (χ4n) is 3.24. The molecule has 0 N–H and O–H groups in total. The van der Waals surface area contributed by atoms with Crippen LogP contribution in [0.4, 0.5) is 8.78 Å². The molecular formula is C19H22F2N2. The molecule has 2 aromatic carbocycles. The summed E-state index contributed by atoms with van der Waals surface area (Å²) in [5, 5.41) is 0. The quantitative estimate of drug-likeness (QED) is 0.849. The van der Waals surface area contributed by atoms with Crippen LogP contribution in [0.15, 0.2) is 48.5 Å². The van der Waals surface area contributed by atoms with E-state index in [4.69, 9.17) is 0 Å². The van der Waals surface area contributed by atoms with Gasteiger partial charge in [-0.3, -0.25) is 4.90 Å². The molecule has 2 aromatic rings. The molecule has 0 saturated carbocycles. The van der Waals surface area contributed by atoms with Crippen LogP contribution in [-0.2, 0) is 0 Å². The monoisotopic (exact) mass is 316 g/mol. The highest BCUT2D eigenvalue weighted by Crippen LogP contribution is 2.30. The Labute approximate surface area is 136 Å². The summed E-state index contributed by atoms with van der Waals surface area (Å²) in [5.74, 6) is -0.468. The van der Waals surface area contributed by atoms with Gasteiger partial charge in [0, 0.05) is 26.2 Å². The van der Waals surface area contributed by atoms with Gasteiger partial charge in [0.2, 0.25) is 0 Å². The number of hydrogen-bond donors (Lipinski definition) is 0. The molecule has 1 heterocycles. The minimum Gasteiger partial charge on any atom is -0.301 e. The third-order valence-corrected chi connectivity index (χ3v) is 4.59. The van der Waals surface area contributed by atoms with E-state index in [9.17, 15) is 8.78 Å². The van der Waals surface area contributed by atoms with Gasteiger partial charge in [-0.1, -0.05) is 31.2 Å². The fourth-order valence-corrected chi connectivity index (χ4v) is 3.24. The predicted octanol–water partition coefficient (Wildman–Crippen LogP) is 3.69. The molecule has 1 aliphatic rings. The van der Waals surface area contributed by atoms with Crippen LogP contribution >= 0.6 is 0 Å². The van der Waals surface area contributed by atoms with Crippen LogP contribution in [-0.4, -0.2) is 42.5 Å². The summed E-state index contributed by atoms with van der Waals surface area (Å²) in [6.07, 6.45) is 0. The van der Waals surface area contributed by atoms with E-state index in [1.807, 2.05) is 24.3 Å². The Morgan fingerprint density at radius 2 is 1.22 bits per heavy atom. The van der Waals surface area contributed by atoms with Crippen LogP contribution in [0.5, 0.6) is 0 Å². The standard InChI is InChI=1S/C19H22F2N2/c1-2-22-11-13-23(14-12-22)19(15-3-7-17(20)8-4-15)16-5-9-18(21)10-6-16/h3-10,19H,2,11-14H2,1H3. The van der Waals surface area contributed by atoms with Gasteiger partial charge >= 0.3 is 0 Å². The van der Waals surface area contributed by atoms with Gasteiger partial charge in [-0.05, 0) is 41.9 Å². The zero-order chi connectivity index (χ0) is 16.2. The molecule has 0 aliphatic carbocycles. The molecule has 0 unspecified atom stereocenters. The van der Waals surface area contributed by atoms with Gasteiger partial charge in [0.05, 0.1) is 6.04 Å². The molecule has 1 saturated heterocycles. The molecular weight excluding hydrogens is 294 g/mol. The summed E-state index contributed by atoms with van der Waals surface area (Å²) in [6.45, 7) is 7.18. The van der Waals surface area contributed by atoms with Gasteiger partial charge in [0.1, 0.15) is 11.6 Å². The Balaban J connectivity index is 1.90. The van der Waals surface area contributed by atoms with Gasteiger partial charge in [0.25, 0.3) is 0 Å². The minimum atomic E-state index is -0.234. The van der Waals surface area contributed by atoms with Crippen LogP contribution in [0.3, 0.4) is 0 Å². The van der Waals surface area contributed by atoms with Crippen LogP contribution in [0.2, 0.25) is 0 Å². The van der Waals surface area contributed by atoms with E-state index in [0.717, 1.165) is 43.9 Å². The molecule has 122 valence electrons. The maximum Gasteiger partial charge on any atom is 0.123 e. The van der Waals surface area contributed by atoms with Gasteiger partial charge in [-0.2, -0.15) is 0 Å². The molecule has 0 radical (unpaired) electrons. The third kappa shape index (κ3) is 3.77. The number of hydrogen-bond acceptors (Lipinski definition) is 2. The van der Waals surface area contributed by atoms with Crippen molar-refractivity contribution in [2.45, 2.75) is 13.0 Å². The molecule has 1 aliphatic heterocycles. The summed E-state index contributed by atoms with van der Waals surface area (Å²) in [4.78, 5) is 4.81. The van der Waals surface area contributed by atoms with E-state index in [-0.39, 0.29) is 17.7 Å². The summed E-state index contributed by atoms with van der Waals surface area (Å²) >= 11 is 0. The molecule has 0 amide bonds. The van der Waals surface area contributed by atoms with E-state index >= 15 is 0 Å². The van der Waals surface area contributed by atoms with E-state index in [1.54, 1.807) is 0 Å². The van der Waals surface area contributed by atoms with Crippen molar-refractivity contribution < 1.29 is 8.78 Å². The maximum absolute atomic E-state index is 13.3. The molecule has 1 fully saturated rings. The first-order chi connectivity index (χ1) is 11.2. The average molecular weight is 316 g/mol. The second kappa shape index (κ2) is 7.20. The van der Waals surface area contributed by atoms with Gasteiger partial charge < -0.3 is 4.90 Å². The number of nitrogens with zero attached hydrogens (tertiary/aromatic N) is 2. The van der Waals surface area contributed by atoms with E-state index < -0.39 is 0 Å². The van der Waals surface area contributed by atoms with Gasteiger partial charge in [-0.15, -0.1) is 0 Å². The van der Waals surface area contributed by atoms with Gasteiger partial charge in [0.15, 0.2) is 0 Å². The summed E-state index contributed by atoms with van der Waals surface area (Å²) < 4.78 is 26.5.